The van der Waals surface area contributed by atoms with Gasteiger partial charge in [-0.25, -0.2) is 9.78 Å². The quantitative estimate of drug-likeness (QED) is 0.342. The van der Waals surface area contributed by atoms with E-state index < -0.39 is 11.0 Å². The zero-order chi connectivity index (χ0) is 12.8. The van der Waals surface area contributed by atoms with Crippen LogP contribution >= 0.6 is 11.6 Å². The molecule has 0 aliphatic carbocycles. The Morgan fingerprint density at radius 3 is 3.00 bits per heavy atom. The van der Waals surface area contributed by atoms with Gasteiger partial charge in [-0.1, -0.05) is 0 Å². The highest BCUT2D eigenvalue weighted by Crippen LogP contribution is 2.21. The molecule has 10 heteroatoms. The summed E-state index contributed by atoms with van der Waals surface area (Å²) in [6, 6.07) is 0. The molecule has 0 atom stereocenters. The number of aromatic nitrogens is 2. The minimum absolute atomic E-state index is 0.0475. The van der Waals surface area contributed by atoms with Crippen LogP contribution in [-0.2, 0) is 4.74 Å². The van der Waals surface area contributed by atoms with E-state index in [1.165, 1.54) is 0 Å². The van der Waals surface area contributed by atoms with Gasteiger partial charge in [0.25, 0.3) is 0 Å². The molecule has 1 aromatic rings. The summed E-state index contributed by atoms with van der Waals surface area (Å²) >= 11 is 5.49. The number of anilines is 1. The van der Waals surface area contributed by atoms with Gasteiger partial charge in [-0.15, -0.1) is 0 Å². The number of carbonyl (C=O) groups excluding carboxylic acids is 1. The average molecular weight is 262 g/mol. The number of amides is 1. The zero-order valence-corrected chi connectivity index (χ0v) is 9.18. The van der Waals surface area contributed by atoms with Crippen LogP contribution < -0.4 is 11.1 Å². The van der Waals surface area contributed by atoms with Gasteiger partial charge in [0.05, 0.1) is 11.5 Å². The van der Waals surface area contributed by atoms with Gasteiger partial charge in [0.2, 0.25) is 11.1 Å². The highest BCUT2D eigenvalue weighted by Gasteiger charge is 2.16. The summed E-state index contributed by atoms with van der Waals surface area (Å²) in [6.45, 7) is 0.0607. The average Bonchev–Trinajstić information content (AvgIpc) is 2.23. The summed E-state index contributed by atoms with van der Waals surface area (Å²) in [5, 5.41) is 13.1. The Balaban J connectivity index is 2.65. The number of nitrogens with one attached hydrogen (secondary N) is 1. The van der Waals surface area contributed by atoms with Crippen LogP contribution in [0.3, 0.4) is 0 Å². The standard InChI is InChI=1S/C7H8ClN5O4/c8-6-11-3-4(13(15)16)5(12-6)10-1-2-17-7(9)14/h3H,1-2H2,(H2,9,14)(H,10,11,12). The number of carbonyl (C=O) groups is 1. The van der Waals surface area contributed by atoms with Gasteiger partial charge in [-0.3, -0.25) is 10.1 Å². The van der Waals surface area contributed by atoms with Crippen molar-refractivity contribution < 1.29 is 14.5 Å². The number of nitrogens with zero attached hydrogens (tertiary/aromatic N) is 3. The van der Waals surface area contributed by atoms with Crippen molar-refractivity contribution in [2.24, 2.45) is 5.73 Å². The number of nitrogens with two attached hydrogens (primary N) is 1. The monoisotopic (exact) mass is 261 g/mol. The molecular formula is C7H8ClN5O4. The molecule has 0 bridgehead atoms. The molecule has 0 saturated heterocycles. The molecule has 92 valence electrons. The van der Waals surface area contributed by atoms with E-state index in [0.717, 1.165) is 6.20 Å². The van der Waals surface area contributed by atoms with Gasteiger partial charge in [0.15, 0.2) is 0 Å². The van der Waals surface area contributed by atoms with Crippen molar-refractivity contribution in [3.05, 3.63) is 21.6 Å². The number of ether oxygens (including phenoxy) is 1. The van der Waals surface area contributed by atoms with E-state index in [0.29, 0.717) is 0 Å². The maximum atomic E-state index is 10.6. The molecule has 0 aliphatic heterocycles. The van der Waals surface area contributed by atoms with Crippen LogP contribution in [0.2, 0.25) is 5.28 Å². The van der Waals surface area contributed by atoms with Crippen molar-refractivity contribution in [1.29, 1.82) is 0 Å². The fraction of sp³-hybridized carbons (Fsp3) is 0.286. The number of hydrogen-bond donors (Lipinski definition) is 2. The lowest BCUT2D eigenvalue weighted by molar-refractivity contribution is -0.384. The summed E-state index contributed by atoms with van der Waals surface area (Å²) < 4.78 is 4.42. The van der Waals surface area contributed by atoms with Crippen molar-refractivity contribution in [3.63, 3.8) is 0 Å². The Hall–Kier alpha value is -2.16. The van der Waals surface area contributed by atoms with Gasteiger partial charge in [0, 0.05) is 0 Å². The molecular weight excluding hydrogens is 254 g/mol. The zero-order valence-electron chi connectivity index (χ0n) is 8.42. The van der Waals surface area contributed by atoms with Crippen molar-refractivity contribution in [1.82, 2.24) is 9.97 Å². The van der Waals surface area contributed by atoms with Crippen molar-refractivity contribution in [2.75, 3.05) is 18.5 Å². The second-order valence-corrected chi connectivity index (χ2v) is 3.06. The maximum Gasteiger partial charge on any atom is 0.404 e. The third-order valence-corrected chi connectivity index (χ3v) is 1.76. The highest BCUT2D eigenvalue weighted by atomic mass is 35.5. The predicted octanol–water partition coefficient (Wildman–Crippen LogP) is 0.545. The first kappa shape index (κ1) is 12.9. The Labute approximate surface area is 100 Å². The van der Waals surface area contributed by atoms with Gasteiger partial charge in [-0.05, 0) is 11.6 Å². The second kappa shape index (κ2) is 5.80. The first-order chi connectivity index (χ1) is 8.00. The van der Waals surface area contributed by atoms with Crippen molar-refractivity contribution >= 4 is 29.2 Å². The molecule has 0 unspecified atom stereocenters. The Morgan fingerprint density at radius 1 is 1.71 bits per heavy atom. The topological polar surface area (TPSA) is 133 Å². The van der Waals surface area contributed by atoms with E-state index in [4.69, 9.17) is 17.3 Å². The van der Waals surface area contributed by atoms with Crippen LogP contribution in [0.5, 0.6) is 0 Å². The van der Waals surface area contributed by atoms with Crippen molar-refractivity contribution in [3.8, 4) is 0 Å². The van der Waals surface area contributed by atoms with Gasteiger partial charge < -0.3 is 15.8 Å². The molecule has 0 aliphatic rings. The van der Waals surface area contributed by atoms with E-state index in [2.05, 4.69) is 20.0 Å². The largest absolute Gasteiger partial charge is 0.448 e. The van der Waals surface area contributed by atoms with E-state index in [1.54, 1.807) is 0 Å². The Kier molecular flexibility index (Phi) is 4.40. The summed E-state index contributed by atoms with van der Waals surface area (Å²) in [6.07, 6.45) is 0.0501. The van der Waals surface area contributed by atoms with Gasteiger partial charge in [-0.2, -0.15) is 4.98 Å². The first-order valence-corrected chi connectivity index (χ1v) is 4.71. The Bertz CT molecular complexity index is 440. The summed E-state index contributed by atoms with van der Waals surface area (Å²) in [7, 11) is 0. The van der Waals surface area contributed by atoms with E-state index in [1.807, 2.05) is 0 Å². The van der Waals surface area contributed by atoms with Crippen LogP contribution in [0.1, 0.15) is 0 Å². The molecule has 0 spiro atoms. The predicted molar refractivity (Wildman–Crippen MR) is 57.7 cm³/mol. The van der Waals surface area contributed by atoms with E-state index in [9.17, 15) is 14.9 Å². The highest BCUT2D eigenvalue weighted by molar-refractivity contribution is 6.28. The first-order valence-electron chi connectivity index (χ1n) is 4.33. The molecule has 3 N–H and O–H groups in total. The number of primary amides is 1. The number of hydrogen-bond acceptors (Lipinski definition) is 7. The molecule has 1 amide bonds. The number of rotatable bonds is 5. The fourth-order valence-electron chi connectivity index (χ4n) is 0.939. The van der Waals surface area contributed by atoms with Crippen LogP contribution in [0.4, 0.5) is 16.3 Å². The minimum Gasteiger partial charge on any atom is -0.448 e. The summed E-state index contributed by atoms with van der Waals surface area (Å²) in [4.78, 5) is 27.3. The Morgan fingerprint density at radius 2 is 2.41 bits per heavy atom. The van der Waals surface area contributed by atoms with E-state index >= 15 is 0 Å². The lowest BCUT2D eigenvalue weighted by atomic mass is 10.5. The van der Waals surface area contributed by atoms with Crippen molar-refractivity contribution in [2.45, 2.75) is 0 Å². The molecule has 1 heterocycles. The maximum absolute atomic E-state index is 10.6. The fourth-order valence-corrected chi connectivity index (χ4v) is 1.07. The van der Waals surface area contributed by atoms with Crippen LogP contribution in [0, 0.1) is 10.1 Å². The smallest absolute Gasteiger partial charge is 0.404 e. The SMILES string of the molecule is NC(=O)OCCNc1nc(Cl)ncc1[N+](=O)[O-]. The molecule has 1 aromatic heterocycles. The summed E-state index contributed by atoms with van der Waals surface area (Å²) in [5.74, 6) is -0.0527. The molecule has 0 radical (unpaired) electrons. The second-order valence-electron chi connectivity index (χ2n) is 2.72. The normalized spacial score (nSPS) is 9.71. The van der Waals surface area contributed by atoms with Crippen LogP contribution in [0.15, 0.2) is 6.20 Å². The minimum atomic E-state index is -0.929. The molecule has 17 heavy (non-hydrogen) atoms. The van der Waals surface area contributed by atoms with Crippen LogP contribution in [-0.4, -0.2) is 34.1 Å². The molecule has 0 saturated carbocycles. The molecule has 9 nitrogen and oxygen atoms in total. The lowest BCUT2D eigenvalue weighted by Crippen LogP contribution is -2.19. The summed E-state index contributed by atoms with van der Waals surface area (Å²) in [5.41, 5.74) is 4.40. The molecule has 1 rings (SSSR count). The molecule has 0 aromatic carbocycles. The lowest BCUT2D eigenvalue weighted by Gasteiger charge is -2.05. The molecule has 0 fully saturated rings. The van der Waals surface area contributed by atoms with E-state index in [-0.39, 0.29) is 29.9 Å². The van der Waals surface area contributed by atoms with Gasteiger partial charge in [0.1, 0.15) is 12.8 Å². The van der Waals surface area contributed by atoms with Gasteiger partial charge >= 0.3 is 11.8 Å². The number of halogens is 1. The third-order valence-electron chi connectivity index (χ3n) is 1.58. The number of nitro groups is 1. The third kappa shape index (κ3) is 4.07. The van der Waals surface area contributed by atoms with Crippen LogP contribution in [0.25, 0.3) is 0 Å².